The summed E-state index contributed by atoms with van der Waals surface area (Å²) >= 11 is 6.38. The van der Waals surface area contributed by atoms with Gasteiger partial charge in [0.25, 0.3) is 5.91 Å². The summed E-state index contributed by atoms with van der Waals surface area (Å²) in [4.78, 5) is 14.1. The Labute approximate surface area is 149 Å². The first-order chi connectivity index (χ1) is 11.6. The van der Waals surface area contributed by atoms with Gasteiger partial charge < -0.3 is 4.74 Å². The third kappa shape index (κ3) is 3.49. The van der Waals surface area contributed by atoms with E-state index in [4.69, 9.17) is 17.0 Å². The van der Waals surface area contributed by atoms with Crippen LogP contribution in [0.4, 0.5) is 4.39 Å². The van der Waals surface area contributed by atoms with E-state index in [0.717, 1.165) is 5.56 Å². The van der Waals surface area contributed by atoms with Gasteiger partial charge in [0, 0.05) is 18.2 Å². The highest BCUT2D eigenvalue weighted by atomic mass is 32.2. The summed E-state index contributed by atoms with van der Waals surface area (Å²) in [5, 5.41) is 0. The third-order valence-electron chi connectivity index (χ3n) is 3.53. The summed E-state index contributed by atoms with van der Waals surface area (Å²) in [5.74, 6) is 0.151. The largest absolute Gasteiger partial charge is 0.488 e. The fraction of sp³-hybridized carbons (Fsp3) is 0.111. The first-order valence-electron chi connectivity index (χ1n) is 7.23. The average Bonchev–Trinajstić information content (AvgIpc) is 2.82. The molecule has 1 aliphatic rings. The van der Waals surface area contributed by atoms with Gasteiger partial charge in [0.05, 0.1) is 4.91 Å². The number of ether oxygens (including phenoxy) is 1. The topological polar surface area (TPSA) is 29.5 Å². The quantitative estimate of drug-likeness (QED) is 0.603. The Morgan fingerprint density at radius 1 is 1.21 bits per heavy atom. The number of halogens is 1. The van der Waals surface area contributed by atoms with E-state index < -0.39 is 0 Å². The minimum atomic E-state index is -0.304. The number of rotatable bonds is 4. The normalized spacial score (nSPS) is 16.1. The first kappa shape index (κ1) is 16.7. The minimum absolute atomic E-state index is 0.117. The Balaban J connectivity index is 1.83. The molecule has 0 saturated carbocycles. The number of nitrogens with zero attached hydrogens (tertiary/aromatic N) is 1. The molecule has 0 aromatic heterocycles. The molecular weight excluding hydrogens is 345 g/mol. The van der Waals surface area contributed by atoms with Gasteiger partial charge in [0.1, 0.15) is 22.5 Å². The molecule has 3 rings (SSSR count). The smallest absolute Gasteiger partial charge is 0.265 e. The summed E-state index contributed by atoms with van der Waals surface area (Å²) in [6.45, 7) is 0.117. The number of benzene rings is 2. The molecule has 122 valence electrons. The van der Waals surface area contributed by atoms with Gasteiger partial charge in [0.15, 0.2) is 0 Å². The Morgan fingerprint density at radius 2 is 1.92 bits per heavy atom. The van der Waals surface area contributed by atoms with E-state index in [2.05, 4.69) is 0 Å². The Bertz CT molecular complexity index is 835. The summed E-state index contributed by atoms with van der Waals surface area (Å²) < 4.78 is 20.0. The number of likely N-dealkylation sites (N-methyl/N-ethyl adjacent to an activating group) is 1. The second kappa shape index (κ2) is 7.15. The number of para-hydroxylation sites is 1. The van der Waals surface area contributed by atoms with Gasteiger partial charge in [-0.15, -0.1) is 0 Å². The van der Waals surface area contributed by atoms with Crippen LogP contribution in [-0.4, -0.2) is 22.2 Å². The maximum atomic E-state index is 13.7. The molecule has 24 heavy (non-hydrogen) atoms. The second-order valence-electron chi connectivity index (χ2n) is 5.16. The zero-order valence-electron chi connectivity index (χ0n) is 12.9. The van der Waals surface area contributed by atoms with Crippen LogP contribution in [0.5, 0.6) is 5.75 Å². The summed E-state index contributed by atoms with van der Waals surface area (Å²) in [6.07, 6.45) is 1.75. The number of hydrogen-bond donors (Lipinski definition) is 0. The molecule has 1 saturated heterocycles. The zero-order valence-corrected chi connectivity index (χ0v) is 14.5. The second-order valence-corrected chi connectivity index (χ2v) is 6.83. The summed E-state index contributed by atoms with van der Waals surface area (Å²) in [5.41, 5.74) is 1.23. The van der Waals surface area contributed by atoms with Crippen LogP contribution in [-0.2, 0) is 11.4 Å². The van der Waals surface area contributed by atoms with Gasteiger partial charge in [-0.05, 0) is 18.2 Å². The molecule has 1 amide bonds. The maximum absolute atomic E-state index is 13.7. The molecule has 0 atom stereocenters. The summed E-state index contributed by atoms with van der Waals surface area (Å²) in [6, 6.07) is 13.8. The van der Waals surface area contributed by atoms with E-state index in [1.807, 2.05) is 18.2 Å². The highest BCUT2D eigenvalue weighted by Gasteiger charge is 2.28. The predicted molar refractivity (Wildman–Crippen MR) is 98.1 cm³/mol. The number of thioether (sulfide) groups is 1. The molecular formula is C18H14FNO2S2. The molecule has 1 heterocycles. The van der Waals surface area contributed by atoms with Crippen molar-refractivity contribution < 1.29 is 13.9 Å². The van der Waals surface area contributed by atoms with Crippen molar-refractivity contribution in [3.63, 3.8) is 0 Å². The van der Waals surface area contributed by atoms with Crippen molar-refractivity contribution in [2.24, 2.45) is 0 Å². The van der Waals surface area contributed by atoms with Crippen molar-refractivity contribution in [1.29, 1.82) is 0 Å². The molecule has 6 heteroatoms. The predicted octanol–water partition coefficient (Wildman–Crippen LogP) is 4.24. The van der Waals surface area contributed by atoms with Crippen molar-refractivity contribution in [2.45, 2.75) is 6.61 Å². The minimum Gasteiger partial charge on any atom is -0.488 e. The van der Waals surface area contributed by atoms with E-state index in [1.54, 1.807) is 37.4 Å². The van der Waals surface area contributed by atoms with Crippen molar-refractivity contribution in [2.75, 3.05) is 7.05 Å². The molecule has 2 aromatic carbocycles. The van der Waals surface area contributed by atoms with Gasteiger partial charge in [-0.3, -0.25) is 9.69 Å². The molecule has 0 bridgehead atoms. The average molecular weight is 359 g/mol. The Morgan fingerprint density at radius 3 is 2.62 bits per heavy atom. The zero-order chi connectivity index (χ0) is 17.1. The third-order valence-corrected chi connectivity index (χ3v) is 5.02. The van der Waals surface area contributed by atoms with Gasteiger partial charge in [-0.2, -0.15) is 0 Å². The molecule has 2 aromatic rings. The van der Waals surface area contributed by atoms with E-state index in [0.29, 0.717) is 20.5 Å². The fourth-order valence-corrected chi connectivity index (χ4v) is 3.36. The van der Waals surface area contributed by atoms with Crippen LogP contribution in [0, 0.1) is 5.82 Å². The number of carbonyl (C=O) groups is 1. The van der Waals surface area contributed by atoms with Crippen LogP contribution >= 0.6 is 24.0 Å². The van der Waals surface area contributed by atoms with E-state index >= 15 is 0 Å². The summed E-state index contributed by atoms with van der Waals surface area (Å²) in [7, 11) is 1.65. The fourth-order valence-electron chi connectivity index (χ4n) is 2.19. The van der Waals surface area contributed by atoms with Crippen molar-refractivity contribution >= 4 is 40.3 Å². The molecule has 0 N–H and O–H groups in total. The lowest BCUT2D eigenvalue weighted by Crippen LogP contribution is -2.22. The molecule has 0 aliphatic carbocycles. The molecule has 1 aliphatic heterocycles. The lowest BCUT2D eigenvalue weighted by molar-refractivity contribution is -0.121. The van der Waals surface area contributed by atoms with Crippen LogP contribution in [0.3, 0.4) is 0 Å². The standard InChI is InChI=1S/C18H14FNO2S2/c1-20-17(21)16(24-18(20)23)10-12-6-3-5-9-15(12)22-11-13-7-2-4-8-14(13)19/h2-10H,11H2,1H3/b16-10-. The SMILES string of the molecule is CN1C(=O)/C(=C/c2ccccc2OCc2ccccc2F)SC1=S. The molecule has 0 radical (unpaired) electrons. The lowest BCUT2D eigenvalue weighted by atomic mass is 10.1. The highest BCUT2D eigenvalue weighted by Crippen LogP contribution is 2.33. The number of hydrogen-bond acceptors (Lipinski definition) is 4. The van der Waals surface area contributed by atoms with Crippen molar-refractivity contribution in [1.82, 2.24) is 4.90 Å². The maximum Gasteiger partial charge on any atom is 0.265 e. The van der Waals surface area contributed by atoms with Gasteiger partial charge in [-0.25, -0.2) is 4.39 Å². The molecule has 1 fully saturated rings. The van der Waals surface area contributed by atoms with Crippen molar-refractivity contribution in [3.05, 3.63) is 70.4 Å². The van der Waals surface area contributed by atoms with E-state index in [1.165, 1.54) is 22.7 Å². The monoisotopic (exact) mass is 359 g/mol. The Hall–Kier alpha value is -2.18. The van der Waals surface area contributed by atoms with Crippen molar-refractivity contribution in [3.8, 4) is 5.75 Å². The number of amides is 1. The van der Waals surface area contributed by atoms with E-state index in [9.17, 15) is 9.18 Å². The van der Waals surface area contributed by atoms with Gasteiger partial charge >= 0.3 is 0 Å². The van der Waals surface area contributed by atoms with Crippen LogP contribution in [0.15, 0.2) is 53.4 Å². The molecule has 0 unspecified atom stereocenters. The lowest BCUT2D eigenvalue weighted by Gasteiger charge is -2.10. The number of carbonyl (C=O) groups excluding carboxylic acids is 1. The Kier molecular flexibility index (Phi) is 4.97. The van der Waals surface area contributed by atoms with E-state index in [-0.39, 0.29) is 18.3 Å². The molecule has 3 nitrogen and oxygen atoms in total. The molecule has 0 spiro atoms. The first-order valence-corrected chi connectivity index (χ1v) is 8.45. The van der Waals surface area contributed by atoms with Crippen LogP contribution in [0.2, 0.25) is 0 Å². The van der Waals surface area contributed by atoms with Crippen LogP contribution in [0.25, 0.3) is 6.08 Å². The highest BCUT2D eigenvalue weighted by molar-refractivity contribution is 8.26. The van der Waals surface area contributed by atoms with Gasteiger partial charge in [-0.1, -0.05) is 60.4 Å². The van der Waals surface area contributed by atoms with Crippen LogP contribution in [0.1, 0.15) is 11.1 Å². The van der Waals surface area contributed by atoms with Gasteiger partial charge in [0.2, 0.25) is 0 Å². The van der Waals surface area contributed by atoms with Crippen LogP contribution < -0.4 is 4.74 Å². The number of thiocarbonyl (C=S) groups is 1.